The van der Waals surface area contributed by atoms with Crippen molar-refractivity contribution >= 4 is 0 Å². The van der Waals surface area contributed by atoms with Gasteiger partial charge < -0.3 is 9.47 Å². The van der Waals surface area contributed by atoms with Crippen LogP contribution in [0.1, 0.15) is 36.8 Å². The van der Waals surface area contributed by atoms with Gasteiger partial charge in [0.25, 0.3) is 0 Å². The van der Waals surface area contributed by atoms with Crippen LogP contribution >= 0.6 is 0 Å². The topological polar surface area (TPSA) is 36.3 Å². The van der Waals surface area contributed by atoms with E-state index in [0.717, 1.165) is 23.0 Å². The predicted molar refractivity (Wildman–Crippen MR) is 81.7 cm³/mol. The summed E-state index contributed by atoms with van der Waals surface area (Å²) >= 11 is 0. The molecule has 0 N–H and O–H groups in total. The molecule has 1 saturated carbocycles. The normalized spacial score (nSPS) is 20.3. The Bertz CT molecular complexity index is 621. The van der Waals surface area contributed by atoms with Crippen LogP contribution in [0, 0.1) is 5.92 Å². The minimum atomic E-state index is 0.509. The number of hydrogen-bond acceptors (Lipinski definition) is 3. The van der Waals surface area contributed by atoms with Gasteiger partial charge in [-0.25, -0.2) is 0 Å². The Morgan fingerprint density at radius 1 is 1.33 bits per heavy atom. The van der Waals surface area contributed by atoms with Crippen LogP contribution < -0.4 is 9.47 Å². The molecule has 0 amide bonds. The van der Waals surface area contributed by atoms with Crippen molar-refractivity contribution in [3.05, 3.63) is 41.7 Å². The molecule has 2 aromatic rings. The summed E-state index contributed by atoms with van der Waals surface area (Å²) < 4.78 is 13.1. The fourth-order valence-corrected chi connectivity index (χ4v) is 2.85. The molecule has 1 aliphatic carbocycles. The number of methoxy groups -OCH3 is 1. The standard InChI is InChI=1S/C17H22N2O2/c1-4-13-7-15(13)14-5-6-16(20-3)17(8-14)21-11-12-9-18-19(2)10-12/h5-6,8-10,13,15H,4,7,11H2,1-3H3. The highest BCUT2D eigenvalue weighted by atomic mass is 16.5. The molecule has 1 aliphatic rings. The number of nitrogens with zero attached hydrogens (tertiary/aromatic N) is 2. The zero-order valence-corrected chi connectivity index (χ0v) is 12.9. The molecule has 0 bridgehead atoms. The van der Waals surface area contributed by atoms with Crippen LogP contribution in [0.25, 0.3) is 0 Å². The summed E-state index contributed by atoms with van der Waals surface area (Å²) in [6.07, 6.45) is 6.34. The zero-order valence-electron chi connectivity index (χ0n) is 12.9. The van der Waals surface area contributed by atoms with E-state index in [1.807, 2.05) is 25.5 Å². The molecule has 0 radical (unpaired) electrons. The molecule has 0 spiro atoms. The predicted octanol–water partition coefficient (Wildman–Crippen LogP) is 3.52. The summed E-state index contributed by atoms with van der Waals surface area (Å²) in [5.41, 5.74) is 2.42. The van der Waals surface area contributed by atoms with Gasteiger partial charge in [-0.2, -0.15) is 5.10 Å². The average molecular weight is 286 g/mol. The minimum Gasteiger partial charge on any atom is -0.493 e. The quantitative estimate of drug-likeness (QED) is 0.815. The lowest BCUT2D eigenvalue weighted by Gasteiger charge is -2.12. The Kier molecular flexibility index (Phi) is 3.86. The van der Waals surface area contributed by atoms with Crippen LogP contribution in [0.5, 0.6) is 11.5 Å². The van der Waals surface area contributed by atoms with Gasteiger partial charge in [0.2, 0.25) is 0 Å². The van der Waals surface area contributed by atoms with Crippen LogP contribution in [-0.2, 0) is 13.7 Å². The maximum atomic E-state index is 5.94. The van der Waals surface area contributed by atoms with Crippen molar-refractivity contribution in [1.29, 1.82) is 0 Å². The van der Waals surface area contributed by atoms with Crippen molar-refractivity contribution in [1.82, 2.24) is 9.78 Å². The molecule has 2 atom stereocenters. The van der Waals surface area contributed by atoms with Gasteiger partial charge in [0.05, 0.1) is 13.3 Å². The molecule has 0 aliphatic heterocycles. The monoisotopic (exact) mass is 286 g/mol. The highest BCUT2D eigenvalue weighted by molar-refractivity contribution is 5.45. The van der Waals surface area contributed by atoms with Crippen LogP contribution in [0.15, 0.2) is 30.6 Å². The van der Waals surface area contributed by atoms with Gasteiger partial charge in [-0.15, -0.1) is 0 Å². The van der Waals surface area contributed by atoms with Gasteiger partial charge in [0.1, 0.15) is 6.61 Å². The number of ether oxygens (including phenoxy) is 2. The minimum absolute atomic E-state index is 0.509. The Balaban J connectivity index is 1.74. The van der Waals surface area contributed by atoms with Crippen molar-refractivity contribution in [3.63, 3.8) is 0 Å². The molecule has 1 aromatic heterocycles. The number of hydrogen-bond donors (Lipinski definition) is 0. The largest absolute Gasteiger partial charge is 0.493 e. The van der Waals surface area contributed by atoms with E-state index in [0.29, 0.717) is 12.5 Å². The summed E-state index contributed by atoms with van der Waals surface area (Å²) in [5, 5.41) is 4.15. The first-order valence-electron chi connectivity index (χ1n) is 7.49. The van der Waals surface area contributed by atoms with E-state index in [2.05, 4.69) is 24.2 Å². The van der Waals surface area contributed by atoms with Gasteiger partial charge in [-0.1, -0.05) is 19.4 Å². The molecule has 1 aromatic carbocycles. The molecule has 3 rings (SSSR count). The first kappa shape index (κ1) is 14.0. The Labute approximate surface area is 125 Å². The zero-order chi connectivity index (χ0) is 14.8. The van der Waals surface area contributed by atoms with Crippen LogP contribution in [0.2, 0.25) is 0 Å². The third-order valence-electron chi connectivity index (χ3n) is 4.22. The van der Waals surface area contributed by atoms with Crippen LogP contribution in [-0.4, -0.2) is 16.9 Å². The Morgan fingerprint density at radius 2 is 2.19 bits per heavy atom. The average Bonchev–Trinajstić information content (AvgIpc) is 3.19. The lowest BCUT2D eigenvalue weighted by Crippen LogP contribution is -1.98. The molecule has 112 valence electrons. The molecule has 1 fully saturated rings. The highest BCUT2D eigenvalue weighted by Crippen LogP contribution is 2.50. The van der Waals surface area contributed by atoms with Crippen molar-refractivity contribution in [2.45, 2.75) is 32.3 Å². The SMILES string of the molecule is CCC1CC1c1ccc(OC)c(OCc2cnn(C)c2)c1. The van der Waals surface area contributed by atoms with Gasteiger partial charge in [0.15, 0.2) is 11.5 Å². The molecular weight excluding hydrogens is 264 g/mol. The number of aryl methyl sites for hydroxylation is 1. The smallest absolute Gasteiger partial charge is 0.161 e. The molecule has 0 saturated heterocycles. The van der Waals surface area contributed by atoms with Gasteiger partial charge in [0, 0.05) is 18.8 Å². The second-order valence-corrected chi connectivity index (χ2v) is 5.73. The third-order valence-corrected chi connectivity index (χ3v) is 4.22. The maximum Gasteiger partial charge on any atom is 0.161 e. The Morgan fingerprint density at radius 3 is 2.81 bits per heavy atom. The first-order valence-corrected chi connectivity index (χ1v) is 7.49. The van der Waals surface area contributed by atoms with Crippen molar-refractivity contribution in [2.75, 3.05) is 7.11 Å². The first-order chi connectivity index (χ1) is 10.2. The van der Waals surface area contributed by atoms with Crippen LogP contribution in [0.3, 0.4) is 0 Å². The second-order valence-electron chi connectivity index (χ2n) is 5.73. The summed E-state index contributed by atoms with van der Waals surface area (Å²) in [7, 11) is 3.58. The van der Waals surface area contributed by atoms with Crippen LogP contribution in [0.4, 0.5) is 0 Å². The fraction of sp³-hybridized carbons (Fsp3) is 0.471. The van der Waals surface area contributed by atoms with E-state index in [1.54, 1.807) is 11.8 Å². The van der Waals surface area contributed by atoms with Crippen molar-refractivity contribution in [2.24, 2.45) is 13.0 Å². The maximum absolute atomic E-state index is 5.94. The Hall–Kier alpha value is -1.97. The summed E-state index contributed by atoms with van der Waals surface area (Å²) in [5.74, 6) is 3.14. The number of rotatable bonds is 6. The molecule has 4 heteroatoms. The second kappa shape index (κ2) is 5.80. The van der Waals surface area contributed by atoms with Gasteiger partial charge in [-0.3, -0.25) is 4.68 Å². The highest BCUT2D eigenvalue weighted by Gasteiger charge is 2.36. The lowest BCUT2D eigenvalue weighted by molar-refractivity contribution is 0.284. The van der Waals surface area contributed by atoms with E-state index in [4.69, 9.17) is 9.47 Å². The number of benzene rings is 1. The van der Waals surface area contributed by atoms with E-state index in [1.165, 1.54) is 18.4 Å². The van der Waals surface area contributed by atoms with E-state index >= 15 is 0 Å². The van der Waals surface area contributed by atoms with E-state index < -0.39 is 0 Å². The van der Waals surface area contributed by atoms with E-state index in [-0.39, 0.29) is 0 Å². The molecule has 2 unspecified atom stereocenters. The third kappa shape index (κ3) is 3.04. The van der Waals surface area contributed by atoms with Gasteiger partial charge >= 0.3 is 0 Å². The molecule has 21 heavy (non-hydrogen) atoms. The molecular formula is C17H22N2O2. The van der Waals surface area contributed by atoms with Gasteiger partial charge in [-0.05, 0) is 36.0 Å². The van der Waals surface area contributed by atoms with Crippen molar-refractivity contribution in [3.8, 4) is 11.5 Å². The molecule has 4 nitrogen and oxygen atoms in total. The molecule has 1 heterocycles. The fourth-order valence-electron chi connectivity index (χ4n) is 2.85. The van der Waals surface area contributed by atoms with Crippen molar-refractivity contribution < 1.29 is 9.47 Å². The summed E-state index contributed by atoms with van der Waals surface area (Å²) in [6, 6.07) is 6.31. The summed E-state index contributed by atoms with van der Waals surface area (Å²) in [4.78, 5) is 0. The summed E-state index contributed by atoms with van der Waals surface area (Å²) in [6.45, 7) is 2.77. The number of aromatic nitrogens is 2. The van der Waals surface area contributed by atoms with E-state index in [9.17, 15) is 0 Å². The lowest BCUT2D eigenvalue weighted by atomic mass is 10.1.